The number of carbonyl (C=O) groups excluding carboxylic acids is 2. The fourth-order valence-electron chi connectivity index (χ4n) is 2.36. The Morgan fingerprint density at radius 3 is 3.10 bits per heavy atom. The molecule has 0 unspecified atom stereocenters. The van der Waals surface area contributed by atoms with Gasteiger partial charge in [-0.25, -0.2) is 4.98 Å². The molecule has 0 aromatic carbocycles. The van der Waals surface area contributed by atoms with Crippen LogP contribution in [0.2, 0.25) is 0 Å². The zero-order valence-electron chi connectivity index (χ0n) is 11.7. The SMILES string of the molecule is O=C(CCN1CCCCCC1=O)NCCc1cnc[nH]1. The lowest BCUT2D eigenvalue weighted by molar-refractivity contribution is -0.131. The Hall–Kier alpha value is -1.85. The van der Waals surface area contributed by atoms with Crippen molar-refractivity contribution in [2.45, 2.75) is 38.5 Å². The van der Waals surface area contributed by atoms with Crippen molar-refractivity contribution >= 4 is 11.8 Å². The molecule has 1 aromatic rings. The fourth-order valence-corrected chi connectivity index (χ4v) is 2.36. The number of hydrogen-bond donors (Lipinski definition) is 2. The fraction of sp³-hybridized carbons (Fsp3) is 0.643. The summed E-state index contributed by atoms with van der Waals surface area (Å²) in [5, 5.41) is 2.87. The molecule has 0 radical (unpaired) electrons. The topological polar surface area (TPSA) is 78.1 Å². The summed E-state index contributed by atoms with van der Waals surface area (Å²) in [4.78, 5) is 32.2. The molecular formula is C14H22N4O2. The predicted molar refractivity (Wildman–Crippen MR) is 75.0 cm³/mol. The van der Waals surface area contributed by atoms with Crippen molar-refractivity contribution in [3.63, 3.8) is 0 Å². The molecule has 1 saturated heterocycles. The maximum atomic E-state index is 11.8. The minimum Gasteiger partial charge on any atom is -0.356 e. The first-order valence-electron chi connectivity index (χ1n) is 7.27. The number of carbonyl (C=O) groups is 2. The molecule has 0 atom stereocenters. The Labute approximate surface area is 119 Å². The van der Waals surface area contributed by atoms with Crippen molar-refractivity contribution in [3.8, 4) is 0 Å². The van der Waals surface area contributed by atoms with Gasteiger partial charge in [0.2, 0.25) is 11.8 Å². The van der Waals surface area contributed by atoms with E-state index in [9.17, 15) is 9.59 Å². The van der Waals surface area contributed by atoms with Gasteiger partial charge in [0.25, 0.3) is 0 Å². The second-order valence-electron chi connectivity index (χ2n) is 5.12. The highest BCUT2D eigenvalue weighted by atomic mass is 16.2. The molecule has 6 heteroatoms. The van der Waals surface area contributed by atoms with Crippen LogP contribution >= 0.6 is 0 Å². The van der Waals surface area contributed by atoms with Crippen LogP contribution in [0.25, 0.3) is 0 Å². The molecule has 1 aliphatic rings. The number of nitrogens with zero attached hydrogens (tertiary/aromatic N) is 2. The van der Waals surface area contributed by atoms with Crippen molar-refractivity contribution in [2.24, 2.45) is 0 Å². The molecule has 2 N–H and O–H groups in total. The number of aromatic nitrogens is 2. The molecule has 20 heavy (non-hydrogen) atoms. The van der Waals surface area contributed by atoms with Gasteiger partial charge in [-0.15, -0.1) is 0 Å². The van der Waals surface area contributed by atoms with Gasteiger partial charge in [0.1, 0.15) is 0 Å². The lowest BCUT2D eigenvalue weighted by Gasteiger charge is -2.19. The Balaban J connectivity index is 1.62. The Morgan fingerprint density at radius 1 is 1.40 bits per heavy atom. The molecule has 2 amide bonds. The molecule has 2 heterocycles. The summed E-state index contributed by atoms with van der Waals surface area (Å²) in [6.07, 6.45) is 8.27. The zero-order chi connectivity index (χ0) is 14.2. The van der Waals surface area contributed by atoms with Gasteiger partial charge in [-0.2, -0.15) is 0 Å². The van der Waals surface area contributed by atoms with Gasteiger partial charge in [0.15, 0.2) is 0 Å². The summed E-state index contributed by atoms with van der Waals surface area (Å²) in [5.74, 6) is 0.189. The summed E-state index contributed by atoms with van der Waals surface area (Å²) in [7, 11) is 0. The lowest BCUT2D eigenvalue weighted by atomic mass is 10.2. The van der Waals surface area contributed by atoms with E-state index in [1.165, 1.54) is 0 Å². The molecule has 1 aromatic heterocycles. The average Bonchev–Trinajstić information content (AvgIpc) is 2.86. The molecule has 0 aliphatic carbocycles. The van der Waals surface area contributed by atoms with Crippen molar-refractivity contribution in [2.75, 3.05) is 19.6 Å². The van der Waals surface area contributed by atoms with Gasteiger partial charge >= 0.3 is 0 Å². The second kappa shape index (κ2) is 7.67. The number of aromatic amines is 1. The summed E-state index contributed by atoms with van der Waals surface area (Å²) in [6, 6.07) is 0. The molecule has 1 fully saturated rings. The van der Waals surface area contributed by atoms with Gasteiger partial charge < -0.3 is 15.2 Å². The normalized spacial score (nSPS) is 16.0. The monoisotopic (exact) mass is 278 g/mol. The first kappa shape index (κ1) is 14.6. The van der Waals surface area contributed by atoms with E-state index in [4.69, 9.17) is 0 Å². The van der Waals surface area contributed by atoms with Gasteiger partial charge in [0.05, 0.1) is 6.33 Å². The van der Waals surface area contributed by atoms with E-state index in [1.54, 1.807) is 12.5 Å². The molecule has 0 saturated carbocycles. The van der Waals surface area contributed by atoms with Gasteiger partial charge in [0, 0.05) is 50.8 Å². The van der Waals surface area contributed by atoms with Crippen molar-refractivity contribution in [3.05, 3.63) is 18.2 Å². The quantitative estimate of drug-likeness (QED) is 0.810. The maximum Gasteiger partial charge on any atom is 0.222 e. The van der Waals surface area contributed by atoms with Crippen molar-refractivity contribution in [1.29, 1.82) is 0 Å². The van der Waals surface area contributed by atoms with Crippen LogP contribution < -0.4 is 5.32 Å². The highest BCUT2D eigenvalue weighted by Gasteiger charge is 2.17. The number of nitrogens with one attached hydrogen (secondary N) is 2. The molecule has 1 aliphatic heterocycles. The Bertz CT molecular complexity index is 430. The Morgan fingerprint density at radius 2 is 2.30 bits per heavy atom. The molecule has 0 spiro atoms. The van der Waals surface area contributed by atoms with Crippen molar-refractivity contribution < 1.29 is 9.59 Å². The number of amides is 2. The van der Waals surface area contributed by atoms with Crippen LogP contribution in [-0.2, 0) is 16.0 Å². The van der Waals surface area contributed by atoms with E-state index in [1.807, 2.05) is 4.90 Å². The standard InChI is InChI=1S/C14H22N4O2/c19-13(16-7-5-12-10-15-11-17-12)6-9-18-8-3-1-2-4-14(18)20/h10-11H,1-9H2,(H,15,17)(H,16,19). The van der Waals surface area contributed by atoms with E-state index in [-0.39, 0.29) is 11.8 Å². The maximum absolute atomic E-state index is 11.8. The van der Waals surface area contributed by atoms with Crippen LogP contribution in [0.15, 0.2) is 12.5 Å². The molecule has 0 bridgehead atoms. The lowest BCUT2D eigenvalue weighted by Crippen LogP contribution is -2.35. The molecule has 2 rings (SSSR count). The van der Waals surface area contributed by atoms with Crippen LogP contribution in [0.5, 0.6) is 0 Å². The highest BCUT2D eigenvalue weighted by molar-refractivity contribution is 5.79. The third-order valence-electron chi connectivity index (χ3n) is 3.55. The number of imidazole rings is 1. The number of rotatable bonds is 6. The Kier molecular flexibility index (Phi) is 5.58. The average molecular weight is 278 g/mol. The number of H-pyrrole nitrogens is 1. The van der Waals surface area contributed by atoms with Gasteiger partial charge in [-0.3, -0.25) is 9.59 Å². The summed E-state index contributed by atoms with van der Waals surface area (Å²) >= 11 is 0. The molecular weight excluding hydrogens is 256 g/mol. The van der Waals surface area contributed by atoms with E-state index >= 15 is 0 Å². The molecule has 6 nitrogen and oxygen atoms in total. The zero-order valence-corrected chi connectivity index (χ0v) is 11.7. The van der Waals surface area contributed by atoms with E-state index in [2.05, 4.69) is 15.3 Å². The summed E-state index contributed by atoms with van der Waals surface area (Å²) < 4.78 is 0. The van der Waals surface area contributed by atoms with Crippen LogP contribution in [0.3, 0.4) is 0 Å². The first-order valence-corrected chi connectivity index (χ1v) is 7.27. The van der Waals surface area contributed by atoms with Gasteiger partial charge in [-0.05, 0) is 12.8 Å². The number of likely N-dealkylation sites (tertiary alicyclic amines) is 1. The van der Waals surface area contributed by atoms with Gasteiger partial charge in [-0.1, -0.05) is 6.42 Å². The molecule has 110 valence electrons. The predicted octanol–water partition coefficient (Wildman–Crippen LogP) is 0.861. The summed E-state index contributed by atoms with van der Waals surface area (Å²) in [5.41, 5.74) is 1.01. The third-order valence-corrected chi connectivity index (χ3v) is 3.55. The minimum absolute atomic E-state index is 0.00145. The van der Waals surface area contributed by atoms with Crippen molar-refractivity contribution in [1.82, 2.24) is 20.2 Å². The third kappa shape index (κ3) is 4.68. The van der Waals surface area contributed by atoms with E-state index in [0.29, 0.717) is 25.9 Å². The second-order valence-corrected chi connectivity index (χ2v) is 5.12. The van der Waals surface area contributed by atoms with Crippen LogP contribution in [-0.4, -0.2) is 46.3 Å². The van der Waals surface area contributed by atoms with Crippen LogP contribution in [0, 0.1) is 0 Å². The first-order chi connectivity index (χ1) is 9.75. The van der Waals surface area contributed by atoms with E-state index < -0.39 is 0 Å². The number of hydrogen-bond acceptors (Lipinski definition) is 3. The van der Waals surface area contributed by atoms with Crippen LogP contribution in [0.4, 0.5) is 0 Å². The highest BCUT2D eigenvalue weighted by Crippen LogP contribution is 2.11. The minimum atomic E-state index is 0.00145. The summed E-state index contributed by atoms with van der Waals surface area (Å²) in [6.45, 7) is 1.92. The van der Waals surface area contributed by atoms with E-state index in [0.717, 1.165) is 37.9 Å². The smallest absolute Gasteiger partial charge is 0.222 e. The van der Waals surface area contributed by atoms with Crippen LogP contribution in [0.1, 0.15) is 37.8 Å². The largest absolute Gasteiger partial charge is 0.356 e.